The predicted molar refractivity (Wildman–Crippen MR) is 77.7 cm³/mol. The molecule has 0 aliphatic rings. The Morgan fingerprint density at radius 2 is 0.944 bits per heavy atom. The molecule has 0 bridgehead atoms. The first kappa shape index (κ1) is 36.3. The van der Waals surface area contributed by atoms with Crippen molar-refractivity contribution in [1.82, 2.24) is 0 Å². The molecule has 0 spiro atoms. The molecule has 0 aromatic heterocycles. The average Bonchev–Trinajstić information content (AvgIpc) is 2.41. The van der Waals surface area contributed by atoms with Crippen molar-refractivity contribution in [2.45, 2.75) is 58.3 Å². The third-order valence-electron chi connectivity index (χ3n) is 1.85. The molecule has 0 heterocycles. The van der Waals surface area contributed by atoms with Crippen molar-refractivity contribution in [1.29, 1.82) is 0 Å². The van der Waals surface area contributed by atoms with Gasteiger partial charge in [-0.05, 0) is 0 Å². The SMILES string of the molecule is CO.CO.CO.[CH2-]CCCCCCCCC.[NH2-].[Ti+2]. The van der Waals surface area contributed by atoms with Gasteiger partial charge in [-0.2, -0.15) is 6.42 Å². The van der Waals surface area contributed by atoms with Gasteiger partial charge in [0.25, 0.3) is 0 Å². The van der Waals surface area contributed by atoms with E-state index in [9.17, 15) is 0 Å². The summed E-state index contributed by atoms with van der Waals surface area (Å²) < 4.78 is 0. The van der Waals surface area contributed by atoms with E-state index in [0.29, 0.717) is 0 Å². The summed E-state index contributed by atoms with van der Waals surface area (Å²) in [6, 6.07) is 0. The van der Waals surface area contributed by atoms with Gasteiger partial charge in [0.1, 0.15) is 0 Å². The van der Waals surface area contributed by atoms with Crippen molar-refractivity contribution >= 4 is 0 Å². The van der Waals surface area contributed by atoms with Gasteiger partial charge in [-0.25, -0.2) is 0 Å². The molecule has 0 amide bonds. The third kappa shape index (κ3) is 70.2. The van der Waals surface area contributed by atoms with Crippen LogP contribution in [0.25, 0.3) is 6.15 Å². The predicted octanol–water partition coefficient (Wildman–Crippen LogP) is 3.50. The number of unbranched alkanes of at least 4 members (excludes halogenated alkanes) is 7. The quantitative estimate of drug-likeness (QED) is 0.381. The molecule has 0 aromatic carbocycles. The Morgan fingerprint density at radius 1 is 0.667 bits per heavy atom. The van der Waals surface area contributed by atoms with E-state index in [-0.39, 0.29) is 27.9 Å². The summed E-state index contributed by atoms with van der Waals surface area (Å²) >= 11 is 0. The van der Waals surface area contributed by atoms with Crippen LogP contribution in [-0.4, -0.2) is 36.6 Å². The summed E-state index contributed by atoms with van der Waals surface area (Å²) in [4.78, 5) is 0. The topological polar surface area (TPSA) is 94.2 Å². The molecule has 0 saturated heterocycles. The van der Waals surface area contributed by atoms with Crippen LogP contribution >= 0.6 is 0 Å². The minimum Gasteiger partial charge on any atom is -0.693 e. The first-order valence-corrected chi connectivity index (χ1v) is 6.05. The number of hydrogen-bond acceptors (Lipinski definition) is 3. The zero-order valence-electron chi connectivity index (χ0n) is 12.8. The second kappa shape index (κ2) is 65.7. The van der Waals surface area contributed by atoms with E-state index in [1.165, 1.54) is 44.9 Å². The zero-order chi connectivity index (χ0) is 13.7. The number of aliphatic hydroxyl groups is 3. The van der Waals surface area contributed by atoms with Gasteiger partial charge in [0.2, 0.25) is 0 Å². The fourth-order valence-corrected chi connectivity index (χ4v) is 1.13. The van der Waals surface area contributed by atoms with Crippen LogP contribution in [0.2, 0.25) is 0 Å². The van der Waals surface area contributed by atoms with E-state index in [0.717, 1.165) is 27.8 Å². The number of hydrogen-bond donors (Lipinski definition) is 3. The Labute approximate surface area is 130 Å². The Kier molecular flexibility index (Phi) is 132. The first-order chi connectivity index (χ1) is 7.91. The van der Waals surface area contributed by atoms with Crippen LogP contribution in [-0.2, 0) is 21.7 Å². The molecular weight excluding hydrogens is 266 g/mol. The van der Waals surface area contributed by atoms with Crippen LogP contribution in [0.1, 0.15) is 58.3 Å². The minimum atomic E-state index is 0. The molecule has 5 heteroatoms. The molecule has 0 atom stereocenters. The van der Waals surface area contributed by atoms with Crippen molar-refractivity contribution in [2.24, 2.45) is 0 Å². The normalized spacial score (nSPS) is 6.67. The van der Waals surface area contributed by atoms with Crippen molar-refractivity contribution in [2.75, 3.05) is 21.3 Å². The second-order valence-electron chi connectivity index (χ2n) is 2.97. The molecule has 0 aliphatic heterocycles. The summed E-state index contributed by atoms with van der Waals surface area (Å²) in [5.41, 5.74) is 0. The van der Waals surface area contributed by atoms with Crippen LogP contribution in [0.15, 0.2) is 0 Å². The summed E-state index contributed by atoms with van der Waals surface area (Å²) in [6.07, 6.45) is 10.9. The second-order valence-corrected chi connectivity index (χ2v) is 2.97. The van der Waals surface area contributed by atoms with Crippen molar-refractivity contribution < 1.29 is 37.0 Å². The van der Waals surface area contributed by atoms with Crippen LogP contribution in [0.5, 0.6) is 0 Å². The van der Waals surface area contributed by atoms with Gasteiger partial charge in [-0.15, -0.1) is 0 Å². The minimum absolute atomic E-state index is 0. The zero-order valence-corrected chi connectivity index (χ0v) is 14.3. The van der Waals surface area contributed by atoms with Gasteiger partial charge in [0.15, 0.2) is 0 Å². The third-order valence-corrected chi connectivity index (χ3v) is 1.85. The van der Waals surface area contributed by atoms with Crippen LogP contribution < -0.4 is 0 Å². The van der Waals surface area contributed by atoms with Gasteiger partial charge < -0.3 is 28.4 Å². The van der Waals surface area contributed by atoms with E-state index < -0.39 is 0 Å². The molecule has 0 unspecified atom stereocenters. The standard InChI is InChI=1S/C10H21.3CH4O.H2N.Ti/c1-3-5-7-9-10-8-6-4-2;3*1-2;;/h1,3-10H2,2H3;3*2H,1H3;1H2;/q-1;;;;-1;+2. The van der Waals surface area contributed by atoms with Crippen LogP contribution in [0, 0.1) is 6.92 Å². The Balaban J connectivity index is -0.0000000394. The van der Waals surface area contributed by atoms with Gasteiger partial charge in [0.05, 0.1) is 0 Å². The molecule has 0 aliphatic carbocycles. The van der Waals surface area contributed by atoms with Crippen LogP contribution in [0.3, 0.4) is 0 Å². The maximum Gasteiger partial charge on any atom is 2.00 e. The van der Waals surface area contributed by atoms with E-state index in [4.69, 9.17) is 15.3 Å². The van der Waals surface area contributed by atoms with Gasteiger partial charge >= 0.3 is 21.7 Å². The number of aliphatic hydroxyl groups excluding tert-OH is 3. The Morgan fingerprint density at radius 3 is 1.22 bits per heavy atom. The average molecular weight is 301 g/mol. The Hall–Kier alpha value is 0.554. The number of nitrogens with two attached hydrogens (primary N) is 1. The molecule has 18 heavy (non-hydrogen) atoms. The molecule has 5 N–H and O–H groups in total. The molecular formula is C13H35NO3Ti. The van der Waals surface area contributed by atoms with Crippen LogP contribution in [0.4, 0.5) is 0 Å². The summed E-state index contributed by atoms with van der Waals surface area (Å²) in [5, 5.41) is 21.0. The van der Waals surface area contributed by atoms with Gasteiger partial charge in [-0.3, -0.25) is 0 Å². The van der Waals surface area contributed by atoms with Crippen molar-refractivity contribution in [3.05, 3.63) is 13.1 Å². The van der Waals surface area contributed by atoms with Gasteiger partial charge in [-0.1, -0.05) is 51.9 Å². The summed E-state index contributed by atoms with van der Waals surface area (Å²) in [5.74, 6) is 0. The molecule has 0 aromatic rings. The monoisotopic (exact) mass is 301 g/mol. The fourth-order valence-electron chi connectivity index (χ4n) is 1.13. The van der Waals surface area contributed by atoms with E-state index >= 15 is 0 Å². The van der Waals surface area contributed by atoms with E-state index in [1.54, 1.807) is 0 Å². The van der Waals surface area contributed by atoms with Crippen molar-refractivity contribution in [3.8, 4) is 0 Å². The summed E-state index contributed by atoms with van der Waals surface area (Å²) in [6.45, 7) is 6.08. The summed E-state index contributed by atoms with van der Waals surface area (Å²) in [7, 11) is 3.00. The first-order valence-electron chi connectivity index (χ1n) is 6.05. The Bertz CT molecular complexity index is 62.2. The molecule has 0 rings (SSSR count). The fraction of sp³-hybridized carbons (Fsp3) is 0.923. The molecule has 0 radical (unpaired) electrons. The molecule has 4 nitrogen and oxygen atoms in total. The van der Waals surface area contributed by atoms with E-state index in [1.807, 2.05) is 0 Å². The smallest absolute Gasteiger partial charge is 0.693 e. The largest absolute Gasteiger partial charge is 2.00 e. The van der Waals surface area contributed by atoms with Gasteiger partial charge in [0, 0.05) is 21.3 Å². The van der Waals surface area contributed by atoms with Crippen molar-refractivity contribution in [3.63, 3.8) is 0 Å². The molecule has 114 valence electrons. The molecule has 0 fully saturated rings. The maximum atomic E-state index is 7.00. The molecule has 0 saturated carbocycles. The number of rotatable bonds is 7. The van der Waals surface area contributed by atoms with E-state index in [2.05, 4.69) is 13.8 Å². The maximum absolute atomic E-state index is 7.00.